The Morgan fingerprint density at radius 2 is 2.00 bits per heavy atom. The molecule has 1 atom stereocenters. The predicted octanol–water partition coefficient (Wildman–Crippen LogP) is 2.53. The highest BCUT2D eigenvalue weighted by Gasteiger charge is 2.28. The van der Waals surface area contributed by atoms with Gasteiger partial charge < -0.3 is 9.47 Å². The maximum atomic E-state index is 11.7. The van der Waals surface area contributed by atoms with Crippen molar-refractivity contribution in [2.45, 2.75) is 51.6 Å². The van der Waals surface area contributed by atoms with Crippen LogP contribution in [0.15, 0.2) is 0 Å². The third-order valence-electron chi connectivity index (χ3n) is 3.11. The van der Waals surface area contributed by atoms with Crippen molar-refractivity contribution in [3.05, 3.63) is 0 Å². The summed E-state index contributed by atoms with van der Waals surface area (Å²) in [5.74, 6) is 0.639. The van der Waals surface area contributed by atoms with Crippen molar-refractivity contribution in [1.29, 1.82) is 0 Å². The molecule has 1 unspecified atom stereocenters. The lowest BCUT2D eigenvalue weighted by Gasteiger charge is -2.28. The summed E-state index contributed by atoms with van der Waals surface area (Å²) < 4.78 is 10.4. The van der Waals surface area contributed by atoms with Crippen LogP contribution in [0.25, 0.3) is 0 Å². The number of hydrogen-bond acceptors (Lipinski definition) is 3. The molecule has 0 heterocycles. The third kappa shape index (κ3) is 3.92. The molecule has 0 saturated heterocycles. The van der Waals surface area contributed by atoms with Crippen LogP contribution in [0.4, 0.5) is 0 Å². The zero-order valence-corrected chi connectivity index (χ0v) is 9.83. The molecule has 0 aromatic carbocycles. The predicted molar refractivity (Wildman–Crippen MR) is 58.6 cm³/mol. The summed E-state index contributed by atoms with van der Waals surface area (Å²) in [6.07, 6.45) is 6.34. The molecule has 0 spiro atoms. The van der Waals surface area contributed by atoms with E-state index in [1.54, 1.807) is 7.11 Å². The van der Waals surface area contributed by atoms with Gasteiger partial charge in [-0.25, -0.2) is 0 Å². The molecule has 3 heteroatoms. The van der Waals surface area contributed by atoms with Crippen molar-refractivity contribution in [1.82, 2.24) is 0 Å². The first-order valence-electron chi connectivity index (χ1n) is 5.92. The van der Waals surface area contributed by atoms with Crippen LogP contribution in [0.3, 0.4) is 0 Å². The van der Waals surface area contributed by atoms with Gasteiger partial charge in [0, 0.05) is 13.5 Å². The van der Waals surface area contributed by atoms with Gasteiger partial charge in [0.1, 0.15) is 12.9 Å². The largest absolute Gasteiger partial charge is 0.359 e. The zero-order chi connectivity index (χ0) is 11.1. The van der Waals surface area contributed by atoms with Gasteiger partial charge in [0.05, 0.1) is 0 Å². The van der Waals surface area contributed by atoms with Crippen LogP contribution < -0.4 is 0 Å². The minimum absolute atomic E-state index is 0.221. The molecule has 3 nitrogen and oxygen atoms in total. The summed E-state index contributed by atoms with van der Waals surface area (Å²) in [5.41, 5.74) is 0. The number of hydrogen-bond donors (Lipinski definition) is 0. The first-order chi connectivity index (χ1) is 7.29. The van der Waals surface area contributed by atoms with Crippen molar-refractivity contribution >= 4 is 5.78 Å². The van der Waals surface area contributed by atoms with E-state index in [-0.39, 0.29) is 18.7 Å². The number of carbonyl (C=O) groups is 1. The monoisotopic (exact) mass is 214 g/mol. The molecule has 1 aliphatic rings. The Bertz CT molecular complexity index is 185. The Morgan fingerprint density at radius 1 is 1.33 bits per heavy atom. The Balaban J connectivity index is 2.49. The minimum Gasteiger partial charge on any atom is -0.359 e. The van der Waals surface area contributed by atoms with E-state index in [4.69, 9.17) is 9.47 Å². The minimum atomic E-state index is -0.227. The number of methoxy groups -OCH3 is 1. The van der Waals surface area contributed by atoms with Crippen molar-refractivity contribution in [2.75, 3.05) is 13.9 Å². The van der Waals surface area contributed by atoms with Gasteiger partial charge in [-0.05, 0) is 18.8 Å². The zero-order valence-electron chi connectivity index (χ0n) is 9.83. The normalized spacial score (nSPS) is 20.1. The molecule has 0 aromatic heterocycles. The lowest BCUT2D eigenvalue weighted by atomic mass is 9.83. The summed E-state index contributed by atoms with van der Waals surface area (Å²) in [6, 6.07) is 0. The molecular formula is C12H22O3. The lowest BCUT2D eigenvalue weighted by Crippen LogP contribution is -2.34. The average molecular weight is 214 g/mol. The van der Waals surface area contributed by atoms with Crippen LogP contribution >= 0.6 is 0 Å². The van der Waals surface area contributed by atoms with Gasteiger partial charge in [0.15, 0.2) is 5.78 Å². The second kappa shape index (κ2) is 6.96. The molecule has 0 N–H and O–H groups in total. The Labute approximate surface area is 92.1 Å². The molecule has 0 bridgehead atoms. The molecule has 0 aromatic rings. The van der Waals surface area contributed by atoms with E-state index < -0.39 is 0 Å². The van der Waals surface area contributed by atoms with Crippen molar-refractivity contribution in [3.63, 3.8) is 0 Å². The molecule has 0 aliphatic heterocycles. The standard InChI is InChI=1S/C12H22O3/c1-3-11(13)12(15-9-14-2)10-7-5-4-6-8-10/h10,12H,3-9H2,1-2H3. The Morgan fingerprint density at radius 3 is 2.53 bits per heavy atom. The first kappa shape index (κ1) is 12.7. The average Bonchev–Trinajstić information content (AvgIpc) is 2.30. The fourth-order valence-corrected chi connectivity index (χ4v) is 2.27. The van der Waals surface area contributed by atoms with Crippen molar-refractivity contribution in [3.8, 4) is 0 Å². The van der Waals surface area contributed by atoms with E-state index in [1.807, 2.05) is 6.92 Å². The lowest BCUT2D eigenvalue weighted by molar-refractivity contribution is -0.146. The maximum absolute atomic E-state index is 11.7. The second-order valence-electron chi connectivity index (χ2n) is 4.21. The summed E-state index contributed by atoms with van der Waals surface area (Å²) in [7, 11) is 1.59. The highest BCUT2D eigenvalue weighted by Crippen LogP contribution is 2.28. The number of carbonyl (C=O) groups excluding carboxylic acids is 1. The van der Waals surface area contributed by atoms with Gasteiger partial charge >= 0.3 is 0 Å². The summed E-state index contributed by atoms with van der Waals surface area (Å²) in [6.45, 7) is 2.13. The second-order valence-corrected chi connectivity index (χ2v) is 4.21. The van der Waals surface area contributed by atoms with Gasteiger partial charge in [-0.2, -0.15) is 0 Å². The number of Topliss-reactive ketones (excluding diaryl/α,β-unsaturated/α-hetero) is 1. The summed E-state index contributed by atoms with van der Waals surface area (Å²) in [4.78, 5) is 11.7. The van der Waals surface area contributed by atoms with Crippen LogP contribution in [-0.4, -0.2) is 25.8 Å². The van der Waals surface area contributed by atoms with E-state index in [1.165, 1.54) is 19.3 Å². The quantitative estimate of drug-likeness (QED) is 0.637. The molecular weight excluding hydrogens is 192 g/mol. The molecule has 0 radical (unpaired) electrons. The maximum Gasteiger partial charge on any atom is 0.161 e. The van der Waals surface area contributed by atoms with E-state index in [0.717, 1.165) is 12.8 Å². The molecule has 15 heavy (non-hydrogen) atoms. The van der Waals surface area contributed by atoms with Crippen LogP contribution in [0.5, 0.6) is 0 Å². The SMILES string of the molecule is CCC(=O)C(OCOC)C1CCCCC1. The van der Waals surface area contributed by atoms with Crippen molar-refractivity contribution < 1.29 is 14.3 Å². The molecule has 1 aliphatic carbocycles. The number of rotatable bonds is 6. The van der Waals surface area contributed by atoms with Crippen LogP contribution in [0.1, 0.15) is 45.4 Å². The van der Waals surface area contributed by atoms with Gasteiger partial charge in [0.25, 0.3) is 0 Å². The van der Waals surface area contributed by atoms with Gasteiger partial charge in [-0.3, -0.25) is 4.79 Å². The molecule has 0 amide bonds. The molecule has 88 valence electrons. The van der Waals surface area contributed by atoms with Gasteiger partial charge in [-0.15, -0.1) is 0 Å². The topological polar surface area (TPSA) is 35.5 Å². The van der Waals surface area contributed by atoms with E-state index >= 15 is 0 Å². The Kier molecular flexibility index (Phi) is 5.88. The smallest absolute Gasteiger partial charge is 0.161 e. The molecule has 1 saturated carbocycles. The van der Waals surface area contributed by atoms with E-state index in [9.17, 15) is 4.79 Å². The highest BCUT2D eigenvalue weighted by atomic mass is 16.7. The highest BCUT2D eigenvalue weighted by molar-refractivity contribution is 5.83. The van der Waals surface area contributed by atoms with Crippen molar-refractivity contribution in [2.24, 2.45) is 5.92 Å². The fourth-order valence-electron chi connectivity index (χ4n) is 2.27. The summed E-state index contributed by atoms with van der Waals surface area (Å²) in [5, 5.41) is 0. The first-order valence-corrected chi connectivity index (χ1v) is 5.92. The summed E-state index contributed by atoms with van der Waals surface area (Å²) >= 11 is 0. The number of ether oxygens (including phenoxy) is 2. The van der Waals surface area contributed by atoms with E-state index in [2.05, 4.69) is 0 Å². The molecule has 1 fully saturated rings. The Hall–Kier alpha value is -0.410. The fraction of sp³-hybridized carbons (Fsp3) is 0.917. The third-order valence-corrected chi connectivity index (χ3v) is 3.11. The van der Waals surface area contributed by atoms with Crippen LogP contribution in [-0.2, 0) is 14.3 Å². The van der Waals surface area contributed by atoms with Crippen LogP contribution in [0, 0.1) is 5.92 Å². The molecule has 1 rings (SSSR count). The van der Waals surface area contributed by atoms with Gasteiger partial charge in [-0.1, -0.05) is 26.2 Å². The van der Waals surface area contributed by atoms with Crippen LogP contribution in [0.2, 0.25) is 0 Å². The van der Waals surface area contributed by atoms with Gasteiger partial charge in [0.2, 0.25) is 0 Å². The number of ketones is 1. The van der Waals surface area contributed by atoms with E-state index in [0.29, 0.717) is 12.3 Å².